The van der Waals surface area contributed by atoms with Crippen LogP contribution in [0.4, 0.5) is 39.3 Å². The van der Waals surface area contributed by atoms with Crippen LogP contribution < -0.4 is 15.1 Å². The second-order valence-corrected chi connectivity index (χ2v) is 10.0. The Morgan fingerprint density at radius 3 is 2.33 bits per heavy atom. The Morgan fingerprint density at radius 1 is 1.17 bits per heavy atom. The molecule has 4 heterocycles. The van der Waals surface area contributed by atoms with Crippen LogP contribution in [0.3, 0.4) is 0 Å². The number of ether oxygens (including phenoxy) is 1. The van der Waals surface area contributed by atoms with E-state index in [1.54, 1.807) is 9.80 Å². The van der Waals surface area contributed by atoms with Gasteiger partial charge in [0, 0.05) is 24.9 Å². The van der Waals surface area contributed by atoms with Crippen molar-refractivity contribution in [2.45, 2.75) is 69.3 Å². The Morgan fingerprint density at radius 2 is 1.78 bits per heavy atom. The average Bonchev–Trinajstić information content (AvgIpc) is 3.26. The summed E-state index contributed by atoms with van der Waals surface area (Å²) in [7, 11) is 1.51. The highest BCUT2D eigenvalue weighted by Crippen LogP contribution is 2.42. The molecule has 1 N–H and O–H groups in total. The molecular weight excluding hydrogens is 487 g/mol. The first-order valence-corrected chi connectivity index (χ1v) is 11.9. The van der Waals surface area contributed by atoms with Crippen LogP contribution in [0.5, 0.6) is 0 Å². The number of anilines is 3. The number of fused-ring (bicyclic) bond motifs is 2. The highest BCUT2D eigenvalue weighted by Gasteiger charge is 2.43. The molecule has 0 radical (unpaired) electrons. The molecule has 0 spiro atoms. The maximum atomic E-state index is 15.1. The highest BCUT2D eigenvalue weighted by atomic mass is 19.4. The molecule has 5 rings (SSSR count). The van der Waals surface area contributed by atoms with Crippen molar-refractivity contribution in [1.82, 2.24) is 4.98 Å². The van der Waals surface area contributed by atoms with E-state index in [1.807, 2.05) is 6.92 Å². The smallest absolute Gasteiger partial charge is 0.396 e. The molecule has 3 saturated heterocycles. The molecule has 2 bridgehead atoms. The number of aromatic nitrogens is 1. The summed E-state index contributed by atoms with van der Waals surface area (Å²) in [5, 5.41) is 2.28. The van der Waals surface area contributed by atoms with Gasteiger partial charge in [-0.2, -0.15) is 18.2 Å². The number of benzene rings is 1. The van der Waals surface area contributed by atoms with Gasteiger partial charge in [-0.1, -0.05) is 0 Å². The quantitative estimate of drug-likeness (QED) is 0.544. The molecule has 196 valence electrons. The number of amides is 1. The van der Waals surface area contributed by atoms with Gasteiger partial charge >= 0.3 is 6.18 Å². The number of nitrogens with zero attached hydrogens (tertiary/aromatic N) is 3. The van der Waals surface area contributed by atoms with Crippen molar-refractivity contribution in [3.63, 3.8) is 0 Å². The monoisotopic (exact) mass is 514 g/mol. The predicted octanol–water partition coefficient (Wildman–Crippen LogP) is 5.06. The van der Waals surface area contributed by atoms with Gasteiger partial charge in [-0.15, -0.1) is 0 Å². The molecule has 2 atom stereocenters. The molecule has 3 aliphatic rings. The average molecular weight is 514 g/mol. The van der Waals surface area contributed by atoms with Crippen molar-refractivity contribution in [2.24, 2.45) is 0 Å². The zero-order valence-corrected chi connectivity index (χ0v) is 19.9. The van der Waals surface area contributed by atoms with Gasteiger partial charge in [-0.05, 0) is 51.2 Å². The summed E-state index contributed by atoms with van der Waals surface area (Å²) in [6.45, 7) is 2.44. The molecule has 2 aromatic rings. The van der Waals surface area contributed by atoms with Gasteiger partial charge in [-0.3, -0.25) is 4.79 Å². The number of methoxy groups -OCH3 is 1. The predicted molar refractivity (Wildman–Crippen MR) is 121 cm³/mol. The first-order valence-electron chi connectivity index (χ1n) is 11.9. The van der Waals surface area contributed by atoms with Gasteiger partial charge in [0.05, 0.1) is 13.1 Å². The summed E-state index contributed by atoms with van der Waals surface area (Å²) in [4.78, 5) is 20.2. The molecule has 1 amide bonds. The van der Waals surface area contributed by atoms with Crippen LogP contribution in [0.25, 0.3) is 0 Å². The van der Waals surface area contributed by atoms with E-state index in [1.165, 1.54) is 7.11 Å². The molecule has 0 saturated carbocycles. The zero-order valence-electron chi connectivity index (χ0n) is 19.9. The number of piperidine rings is 1. The van der Waals surface area contributed by atoms with Gasteiger partial charge in [0.2, 0.25) is 0 Å². The standard InChI is InChI=1S/C24H27F5N4O3/c1-23(35-2)11-32(12-23)22-31-19(18(36-22)10-24(27,28)29)21(34)30-13-8-16(25)20(17(26)9-13)33-14-4-3-5-15(33)7-6-14/h8-9,14-15H,3-7,10-12H2,1-2H3,(H,30,34). The molecule has 0 aliphatic carbocycles. The van der Waals surface area contributed by atoms with E-state index < -0.39 is 47.2 Å². The summed E-state index contributed by atoms with van der Waals surface area (Å²) in [5.74, 6) is -3.40. The lowest BCUT2D eigenvalue weighted by Gasteiger charge is -2.45. The third-order valence-electron chi connectivity index (χ3n) is 7.30. The van der Waals surface area contributed by atoms with Crippen LogP contribution in [-0.4, -0.2) is 55.0 Å². The Labute approximate surface area is 204 Å². The molecule has 3 aliphatic heterocycles. The van der Waals surface area contributed by atoms with Crippen LogP contribution in [0.2, 0.25) is 0 Å². The number of halogens is 5. The number of nitrogens with one attached hydrogen (secondary N) is 1. The maximum Gasteiger partial charge on any atom is 0.396 e. The van der Waals surface area contributed by atoms with Crippen molar-refractivity contribution in [2.75, 3.05) is 35.3 Å². The summed E-state index contributed by atoms with van der Waals surface area (Å²) in [6, 6.07) is 1.96. The van der Waals surface area contributed by atoms with Gasteiger partial charge in [0.1, 0.15) is 23.5 Å². The van der Waals surface area contributed by atoms with Gasteiger partial charge in [-0.25, -0.2) is 8.78 Å². The molecule has 12 heteroatoms. The second-order valence-electron chi connectivity index (χ2n) is 10.0. The van der Waals surface area contributed by atoms with Gasteiger partial charge < -0.3 is 24.3 Å². The van der Waals surface area contributed by atoms with E-state index in [0.717, 1.165) is 44.2 Å². The third-order valence-corrected chi connectivity index (χ3v) is 7.30. The Kier molecular flexibility index (Phi) is 6.12. The van der Waals surface area contributed by atoms with Crippen molar-refractivity contribution in [3.8, 4) is 0 Å². The number of carbonyl (C=O) groups excluding carboxylic acids is 1. The van der Waals surface area contributed by atoms with Crippen LogP contribution in [0.15, 0.2) is 16.5 Å². The van der Waals surface area contributed by atoms with Gasteiger partial charge in [0.25, 0.3) is 11.9 Å². The van der Waals surface area contributed by atoms with E-state index in [4.69, 9.17) is 9.15 Å². The fourth-order valence-corrected chi connectivity index (χ4v) is 5.54. The molecule has 7 nitrogen and oxygen atoms in total. The molecule has 36 heavy (non-hydrogen) atoms. The van der Waals surface area contributed by atoms with E-state index in [0.29, 0.717) is 13.1 Å². The van der Waals surface area contributed by atoms with E-state index in [9.17, 15) is 18.0 Å². The number of oxazole rings is 1. The summed E-state index contributed by atoms with van der Waals surface area (Å²) in [6.07, 6.45) is -1.67. The number of alkyl halides is 3. The Bertz CT molecular complexity index is 1120. The number of hydrogen-bond acceptors (Lipinski definition) is 6. The first kappa shape index (κ1) is 24.8. The molecular formula is C24H27F5N4O3. The van der Waals surface area contributed by atoms with E-state index >= 15 is 8.78 Å². The van der Waals surface area contributed by atoms with Crippen molar-refractivity contribution in [1.29, 1.82) is 0 Å². The Hall–Kier alpha value is -2.89. The number of carbonyl (C=O) groups is 1. The normalized spacial score (nSPS) is 23.1. The summed E-state index contributed by atoms with van der Waals surface area (Å²) >= 11 is 0. The minimum Gasteiger partial charge on any atom is -0.427 e. The minimum atomic E-state index is -4.66. The number of hydrogen-bond donors (Lipinski definition) is 1. The SMILES string of the molecule is COC1(C)CN(c2nc(C(=O)Nc3cc(F)c(N4C5CCCC4CC5)c(F)c3)c(CC(F)(F)F)o2)C1. The zero-order chi connectivity index (χ0) is 25.8. The van der Waals surface area contributed by atoms with E-state index in [-0.39, 0.29) is 29.5 Å². The lowest BCUT2D eigenvalue weighted by Crippen LogP contribution is -2.61. The lowest BCUT2D eigenvalue weighted by atomic mass is 9.97. The van der Waals surface area contributed by atoms with Crippen LogP contribution in [0.1, 0.15) is 55.3 Å². The molecule has 2 unspecified atom stereocenters. The van der Waals surface area contributed by atoms with E-state index in [2.05, 4.69) is 10.3 Å². The molecule has 1 aromatic carbocycles. The van der Waals surface area contributed by atoms with Gasteiger partial charge in [0.15, 0.2) is 17.3 Å². The second kappa shape index (κ2) is 8.89. The maximum absolute atomic E-state index is 15.1. The van der Waals surface area contributed by atoms with Crippen LogP contribution in [0, 0.1) is 11.6 Å². The highest BCUT2D eigenvalue weighted by molar-refractivity contribution is 6.04. The third kappa shape index (κ3) is 4.62. The molecule has 1 aromatic heterocycles. The Balaban J connectivity index is 1.38. The van der Waals surface area contributed by atoms with Crippen molar-refractivity contribution >= 4 is 23.3 Å². The minimum absolute atomic E-state index is 0.0770. The van der Waals surface area contributed by atoms with Crippen LogP contribution >= 0.6 is 0 Å². The van der Waals surface area contributed by atoms with Crippen molar-refractivity contribution in [3.05, 3.63) is 35.2 Å². The fraction of sp³-hybridized carbons (Fsp3) is 0.583. The topological polar surface area (TPSA) is 70.8 Å². The molecule has 3 fully saturated rings. The first-order chi connectivity index (χ1) is 17.0. The largest absolute Gasteiger partial charge is 0.427 e. The summed E-state index contributed by atoms with van der Waals surface area (Å²) < 4.78 is 80.1. The fourth-order valence-electron chi connectivity index (χ4n) is 5.54. The van der Waals surface area contributed by atoms with Crippen molar-refractivity contribution < 1.29 is 35.9 Å². The summed E-state index contributed by atoms with van der Waals surface area (Å²) in [5.41, 5.74) is -1.44. The lowest BCUT2D eigenvalue weighted by molar-refractivity contribution is -0.130. The van der Waals surface area contributed by atoms with Crippen LogP contribution in [-0.2, 0) is 11.2 Å². The number of rotatable bonds is 6.